The number of aliphatic hydroxyl groups excluding tert-OH is 1. The molecular formula is C37H64O4. The van der Waals surface area contributed by atoms with Crippen LogP contribution < -0.4 is 0 Å². The maximum atomic E-state index is 12.0. The molecule has 0 aromatic heterocycles. The second-order valence-electron chi connectivity index (χ2n) is 10.9. The molecule has 0 saturated heterocycles. The second kappa shape index (κ2) is 34.3. The van der Waals surface area contributed by atoms with E-state index >= 15 is 0 Å². The Labute approximate surface area is 254 Å². The molecule has 0 aromatic rings. The largest absolute Gasteiger partial charge is 0.457 e. The zero-order chi connectivity index (χ0) is 29.9. The Morgan fingerprint density at radius 2 is 1.00 bits per heavy atom. The quantitative estimate of drug-likeness (QED) is 0.0528. The molecule has 0 bridgehead atoms. The van der Waals surface area contributed by atoms with E-state index < -0.39 is 6.10 Å². The maximum absolute atomic E-state index is 12.0. The fourth-order valence-electron chi connectivity index (χ4n) is 4.40. The van der Waals surface area contributed by atoms with E-state index in [2.05, 4.69) is 62.5 Å². The Balaban J connectivity index is 3.61. The number of carbonyl (C=O) groups excluding carboxylic acids is 1. The summed E-state index contributed by atoms with van der Waals surface area (Å²) in [5, 5.41) is 9.51. The lowest BCUT2D eigenvalue weighted by Gasteiger charge is -2.15. The molecule has 4 nitrogen and oxygen atoms in total. The molecule has 0 aliphatic heterocycles. The molecule has 0 saturated carbocycles. The van der Waals surface area contributed by atoms with Gasteiger partial charge in [-0.3, -0.25) is 4.79 Å². The van der Waals surface area contributed by atoms with Gasteiger partial charge in [0.1, 0.15) is 6.10 Å². The number of ether oxygens (including phenoxy) is 2. The highest BCUT2D eigenvalue weighted by Gasteiger charge is 2.12. The summed E-state index contributed by atoms with van der Waals surface area (Å²) in [6.45, 7) is 5.12. The molecule has 0 aromatic carbocycles. The van der Waals surface area contributed by atoms with Gasteiger partial charge < -0.3 is 14.6 Å². The number of esters is 1. The Bertz CT molecular complexity index is 689. The third-order valence-electron chi connectivity index (χ3n) is 6.89. The lowest BCUT2D eigenvalue weighted by molar-refractivity contribution is -0.153. The van der Waals surface area contributed by atoms with Gasteiger partial charge >= 0.3 is 5.97 Å². The number of carbonyl (C=O) groups is 1. The highest BCUT2D eigenvalue weighted by molar-refractivity contribution is 5.71. The van der Waals surface area contributed by atoms with Gasteiger partial charge in [0.2, 0.25) is 0 Å². The van der Waals surface area contributed by atoms with Gasteiger partial charge in [-0.1, -0.05) is 158 Å². The van der Waals surface area contributed by atoms with Crippen molar-refractivity contribution in [3.63, 3.8) is 0 Å². The van der Waals surface area contributed by atoms with E-state index in [1.165, 1.54) is 83.5 Å². The number of aliphatic hydroxyl groups is 1. The molecule has 0 amide bonds. The summed E-state index contributed by atoms with van der Waals surface area (Å²) in [4.78, 5) is 12.0. The molecule has 1 N–H and O–H groups in total. The molecule has 4 heteroatoms. The van der Waals surface area contributed by atoms with Gasteiger partial charge in [-0.25, -0.2) is 0 Å². The zero-order valence-corrected chi connectivity index (χ0v) is 26.8. The van der Waals surface area contributed by atoms with Crippen LogP contribution in [0.1, 0.15) is 142 Å². The molecule has 0 rings (SSSR count). The van der Waals surface area contributed by atoms with Gasteiger partial charge in [-0.2, -0.15) is 0 Å². The van der Waals surface area contributed by atoms with Crippen LogP contribution in [-0.2, 0) is 14.3 Å². The molecule has 41 heavy (non-hydrogen) atoms. The van der Waals surface area contributed by atoms with Crippen molar-refractivity contribution < 1.29 is 19.4 Å². The summed E-state index contributed by atoms with van der Waals surface area (Å²) >= 11 is 0. The minimum atomic E-state index is -0.586. The Kier molecular flexibility index (Phi) is 32.7. The van der Waals surface area contributed by atoms with Crippen LogP contribution in [0.4, 0.5) is 0 Å². The summed E-state index contributed by atoms with van der Waals surface area (Å²) < 4.78 is 11.0. The molecule has 0 radical (unpaired) electrons. The monoisotopic (exact) mass is 572 g/mol. The van der Waals surface area contributed by atoms with Crippen molar-refractivity contribution in [2.75, 3.05) is 19.8 Å². The first-order chi connectivity index (χ1) is 20.2. The van der Waals surface area contributed by atoms with E-state index in [9.17, 15) is 9.90 Å². The van der Waals surface area contributed by atoms with Crippen LogP contribution in [0.2, 0.25) is 0 Å². The van der Waals surface area contributed by atoms with Crippen molar-refractivity contribution >= 4 is 5.97 Å². The minimum absolute atomic E-state index is 0.211. The van der Waals surface area contributed by atoms with E-state index in [-0.39, 0.29) is 25.6 Å². The van der Waals surface area contributed by atoms with E-state index in [0.29, 0.717) is 6.61 Å². The van der Waals surface area contributed by atoms with Crippen LogP contribution in [0.15, 0.2) is 60.8 Å². The number of hydrogen-bond acceptors (Lipinski definition) is 4. The molecule has 0 aliphatic carbocycles. The summed E-state index contributed by atoms with van der Waals surface area (Å²) in [5.74, 6) is -0.328. The van der Waals surface area contributed by atoms with Crippen molar-refractivity contribution in [3.05, 3.63) is 60.8 Å². The Morgan fingerprint density at radius 1 is 0.585 bits per heavy atom. The average Bonchev–Trinajstić information content (AvgIpc) is 2.98. The SMILES string of the molecule is CC/C=C\C/C=C\C/C=C\C/C=C\C/C=C\CC(=O)OC(CO)COCCCCCCCCCCCCCCCC. The average molecular weight is 573 g/mol. The molecule has 236 valence electrons. The van der Waals surface area contributed by atoms with Crippen molar-refractivity contribution in [1.29, 1.82) is 0 Å². The van der Waals surface area contributed by atoms with Crippen LogP contribution in [0.3, 0.4) is 0 Å². The maximum Gasteiger partial charge on any atom is 0.310 e. The van der Waals surface area contributed by atoms with Crippen molar-refractivity contribution in [2.24, 2.45) is 0 Å². The van der Waals surface area contributed by atoms with Gasteiger partial charge in [0.05, 0.1) is 19.6 Å². The molecule has 1 unspecified atom stereocenters. The number of rotatable bonds is 30. The van der Waals surface area contributed by atoms with Gasteiger partial charge in [0.25, 0.3) is 0 Å². The molecule has 0 heterocycles. The first kappa shape index (κ1) is 39.1. The van der Waals surface area contributed by atoms with E-state index in [1.807, 2.05) is 12.2 Å². The van der Waals surface area contributed by atoms with Gasteiger partial charge in [-0.05, 0) is 38.5 Å². The molecule has 1 atom stereocenters. The van der Waals surface area contributed by atoms with E-state index in [4.69, 9.17) is 9.47 Å². The first-order valence-electron chi connectivity index (χ1n) is 16.9. The van der Waals surface area contributed by atoms with E-state index in [0.717, 1.165) is 38.5 Å². The Hall–Kier alpha value is -1.91. The van der Waals surface area contributed by atoms with Crippen molar-refractivity contribution in [2.45, 2.75) is 148 Å². The summed E-state index contributed by atoms with van der Waals surface area (Å²) in [6.07, 6.45) is 44.2. The third kappa shape index (κ3) is 32.5. The van der Waals surface area contributed by atoms with Gasteiger partial charge in [0.15, 0.2) is 0 Å². The van der Waals surface area contributed by atoms with Crippen LogP contribution in [-0.4, -0.2) is 37.0 Å². The number of hydrogen-bond donors (Lipinski definition) is 1. The first-order valence-corrected chi connectivity index (χ1v) is 16.9. The number of unbranched alkanes of at least 4 members (excludes halogenated alkanes) is 13. The summed E-state index contributed by atoms with van der Waals surface area (Å²) in [7, 11) is 0. The standard InChI is InChI=1S/C37H64O4/c1-3-5-7-9-11-13-15-17-19-20-22-24-26-28-30-32-37(39)41-36(34-38)35-40-33-31-29-27-25-23-21-18-16-14-12-10-8-6-4-2/h5,7,11,13,17,19,22,24,28,30,36,38H,3-4,6,8-10,12,14-16,18,20-21,23,25-27,29,31-35H2,1-2H3/b7-5-,13-11-,19-17-,24-22-,30-28-. The predicted molar refractivity (Wildman–Crippen MR) is 177 cm³/mol. The topological polar surface area (TPSA) is 55.8 Å². The second-order valence-corrected chi connectivity index (χ2v) is 10.9. The van der Waals surface area contributed by atoms with Crippen molar-refractivity contribution in [1.82, 2.24) is 0 Å². The smallest absolute Gasteiger partial charge is 0.310 e. The van der Waals surface area contributed by atoms with Gasteiger partial charge in [-0.15, -0.1) is 0 Å². The third-order valence-corrected chi connectivity index (χ3v) is 6.89. The van der Waals surface area contributed by atoms with Crippen LogP contribution in [0.5, 0.6) is 0 Å². The van der Waals surface area contributed by atoms with E-state index in [1.54, 1.807) is 0 Å². The molecule has 0 fully saturated rings. The summed E-state index contributed by atoms with van der Waals surface area (Å²) in [5.41, 5.74) is 0. The fourth-order valence-corrected chi connectivity index (χ4v) is 4.40. The fraction of sp³-hybridized carbons (Fsp3) is 0.703. The lowest BCUT2D eigenvalue weighted by atomic mass is 10.0. The number of allylic oxidation sites excluding steroid dienone is 9. The minimum Gasteiger partial charge on any atom is -0.457 e. The molecule has 0 spiro atoms. The predicted octanol–water partition coefficient (Wildman–Crippen LogP) is 10.5. The van der Waals surface area contributed by atoms with Crippen LogP contribution >= 0.6 is 0 Å². The normalized spacial score (nSPS) is 13.1. The molecular weight excluding hydrogens is 508 g/mol. The van der Waals surface area contributed by atoms with Crippen molar-refractivity contribution in [3.8, 4) is 0 Å². The zero-order valence-electron chi connectivity index (χ0n) is 26.8. The summed E-state index contributed by atoms with van der Waals surface area (Å²) in [6, 6.07) is 0. The van der Waals surface area contributed by atoms with Gasteiger partial charge in [0, 0.05) is 6.61 Å². The Morgan fingerprint density at radius 3 is 1.44 bits per heavy atom. The lowest BCUT2D eigenvalue weighted by Crippen LogP contribution is -2.27. The highest BCUT2D eigenvalue weighted by Crippen LogP contribution is 2.13. The molecule has 0 aliphatic rings. The van der Waals surface area contributed by atoms with Crippen LogP contribution in [0, 0.1) is 0 Å². The van der Waals surface area contributed by atoms with Crippen LogP contribution in [0.25, 0.3) is 0 Å². The highest BCUT2D eigenvalue weighted by atomic mass is 16.6.